The first kappa shape index (κ1) is 19.4. The van der Waals surface area contributed by atoms with Gasteiger partial charge < -0.3 is 14.8 Å². The molecular formula is C24H20N2O4S. The number of fused-ring (bicyclic) bond motifs is 1. The second kappa shape index (κ2) is 7.59. The molecule has 5 rings (SSSR count). The van der Waals surface area contributed by atoms with Crippen LogP contribution in [0.2, 0.25) is 0 Å². The number of nitrogens with one attached hydrogen (secondary N) is 1. The molecule has 0 atom stereocenters. The van der Waals surface area contributed by atoms with Gasteiger partial charge in [0.05, 0.1) is 11.3 Å². The topological polar surface area (TPSA) is 67.9 Å². The first-order chi connectivity index (χ1) is 15.0. The number of nitrogens with zero attached hydrogens (tertiary/aromatic N) is 1. The maximum absolute atomic E-state index is 13.5. The number of hydrogen-bond donors (Lipinski definition) is 1. The molecule has 3 heterocycles. The summed E-state index contributed by atoms with van der Waals surface area (Å²) >= 11 is 1.42. The van der Waals surface area contributed by atoms with Crippen molar-refractivity contribution in [3.05, 3.63) is 75.6 Å². The molecule has 0 aliphatic carbocycles. The lowest BCUT2D eigenvalue weighted by atomic mass is 10.1. The number of ether oxygens (including phenoxy) is 2. The average molecular weight is 433 g/mol. The maximum Gasteiger partial charge on any atom is 0.282 e. The number of aryl methyl sites for hydroxylation is 2. The molecule has 156 valence electrons. The Balaban J connectivity index is 1.57. The van der Waals surface area contributed by atoms with Gasteiger partial charge in [0.15, 0.2) is 11.5 Å². The van der Waals surface area contributed by atoms with Crippen molar-refractivity contribution < 1.29 is 19.1 Å². The van der Waals surface area contributed by atoms with Gasteiger partial charge >= 0.3 is 0 Å². The molecule has 1 aromatic heterocycles. The lowest BCUT2D eigenvalue weighted by molar-refractivity contribution is -0.120. The largest absolute Gasteiger partial charge is 0.486 e. The molecule has 0 saturated carbocycles. The van der Waals surface area contributed by atoms with Crippen molar-refractivity contribution in [2.45, 2.75) is 13.8 Å². The summed E-state index contributed by atoms with van der Waals surface area (Å²) < 4.78 is 11.2. The van der Waals surface area contributed by atoms with E-state index in [1.807, 2.05) is 55.6 Å². The number of carbonyl (C=O) groups excluding carboxylic acids is 2. The van der Waals surface area contributed by atoms with Crippen molar-refractivity contribution in [3.63, 3.8) is 0 Å². The van der Waals surface area contributed by atoms with Gasteiger partial charge in [-0.3, -0.25) is 9.59 Å². The number of carbonyl (C=O) groups is 2. The van der Waals surface area contributed by atoms with E-state index < -0.39 is 0 Å². The molecule has 7 heteroatoms. The van der Waals surface area contributed by atoms with E-state index in [2.05, 4.69) is 5.32 Å². The fraction of sp³-hybridized carbons (Fsp3) is 0.167. The highest BCUT2D eigenvalue weighted by Crippen LogP contribution is 2.38. The summed E-state index contributed by atoms with van der Waals surface area (Å²) in [6, 6.07) is 14.8. The van der Waals surface area contributed by atoms with Crippen molar-refractivity contribution in [2.75, 3.05) is 23.4 Å². The van der Waals surface area contributed by atoms with E-state index >= 15 is 0 Å². The Morgan fingerprint density at radius 1 is 0.903 bits per heavy atom. The number of imide groups is 1. The number of benzene rings is 2. The summed E-state index contributed by atoms with van der Waals surface area (Å²) in [6.45, 7) is 4.87. The van der Waals surface area contributed by atoms with E-state index in [0.717, 1.165) is 16.0 Å². The molecule has 2 aliphatic rings. The van der Waals surface area contributed by atoms with Crippen molar-refractivity contribution >= 4 is 40.1 Å². The van der Waals surface area contributed by atoms with Gasteiger partial charge in [-0.25, -0.2) is 4.90 Å². The second-order valence-corrected chi connectivity index (χ2v) is 8.45. The number of rotatable bonds is 4. The Kier molecular flexibility index (Phi) is 4.75. The fourth-order valence-corrected chi connectivity index (χ4v) is 4.64. The zero-order valence-corrected chi connectivity index (χ0v) is 17.9. The fourth-order valence-electron chi connectivity index (χ4n) is 3.87. The predicted octanol–water partition coefficient (Wildman–Crippen LogP) is 4.53. The Morgan fingerprint density at radius 2 is 1.65 bits per heavy atom. The number of thiophene rings is 1. The normalized spacial score (nSPS) is 15.6. The van der Waals surface area contributed by atoms with Crippen LogP contribution >= 0.6 is 11.3 Å². The van der Waals surface area contributed by atoms with Crippen LogP contribution in [0.25, 0.3) is 5.57 Å². The average Bonchev–Trinajstić information content (AvgIpc) is 3.34. The van der Waals surface area contributed by atoms with Gasteiger partial charge in [-0.15, -0.1) is 11.3 Å². The quantitative estimate of drug-likeness (QED) is 0.614. The van der Waals surface area contributed by atoms with E-state index in [-0.39, 0.29) is 17.5 Å². The van der Waals surface area contributed by atoms with Gasteiger partial charge in [0.1, 0.15) is 18.9 Å². The minimum atomic E-state index is -0.381. The van der Waals surface area contributed by atoms with Crippen LogP contribution in [-0.4, -0.2) is 25.0 Å². The van der Waals surface area contributed by atoms with E-state index in [0.29, 0.717) is 41.7 Å². The van der Waals surface area contributed by atoms with Crippen LogP contribution in [0.4, 0.5) is 11.4 Å². The lowest BCUT2D eigenvalue weighted by Gasteiger charge is -2.19. The molecule has 0 radical (unpaired) electrons. The van der Waals surface area contributed by atoms with Gasteiger partial charge in [-0.05, 0) is 60.7 Å². The highest BCUT2D eigenvalue weighted by atomic mass is 32.1. The van der Waals surface area contributed by atoms with Crippen molar-refractivity contribution in [3.8, 4) is 11.5 Å². The molecule has 0 spiro atoms. The third kappa shape index (κ3) is 3.47. The Morgan fingerprint density at radius 3 is 2.35 bits per heavy atom. The summed E-state index contributed by atoms with van der Waals surface area (Å²) in [5.41, 5.74) is 3.82. The monoisotopic (exact) mass is 432 g/mol. The number of hydrogen-bond acceptors (Lipinski definition) is 6. The Hall–Kier alpha value is -3.58. The molecule has 6 nitrogen and oxygen atoms in total. The standard InChI is InChI=1S/C24H20N2O4S/c1-14-10-15(2)12-17(11-14)26-23(27)21(20-4-3-9-31-20)22(24(26)28)25-16-5-6-18-19(13-16)30-8-7-29-18/h3-6,9-13,25H,7-8H2,1-2H3. The number of anilines is 2. The number of amides is 2. The first-order valence-electron chi connectivity index (χ1n) is 9.93. The minimum absolute atomic E-state index is 0.253. The summed E-state index contributed by atoms with van der Waals surface area (Å²) in [7, 11) is 0. The van der Waals surface area contributed by atoms with Crippen molar-refractivity contribution in [1.29, 1.82) is 0 Å². The van der Waals surface area contributed by atoms with Gasteiger partial charge in [0.25, 0.3) is 11.8 Å². The molecule has 0 fully saturated rings. The van der Waals surface area contributed by atoms with E-state index in [9.17, 15) is 9.59 Å². The predicted molar refractivity (Wildman–Crippen MR) is 121 cm³/mol. The van der Waals surface area contributed by atoms with Crippen LogP contribution < -0.4 is 19.7 Å². The van der Waals surface area contributed by atoms with Gasteiger partial charge in [-0.1, -0.05) is 12.1 Å². The third-order valence-electron chi connectivity index (χ3n) is 5.13. The summed E-state index contributed by atoms with van der Waals surface area (Å²) in [5, 5.41) is 5.07. The zero-order chi connectivity index (χ0) is 21.5. The minimum Gasteiger partial charge on any atom is -0.486 e. The molecule has 2 aliphatic heterocycles. The second-order valence-electron chi connectivity index (χ2n) is 7.50. The van der Waals surface area contributed by atoms with Crippen LogP contribution in [0.5, 0.6) is 11.5 Å². The van der Waals surface area contributed by atoms with Crippen LogP contribution in [-0.2, 0) is 9.59 Å². The van der Waals surface area contributed by atoms with E-state index in [1.54, 1.807) is 12.1 Å². The maximum atomic E-state index is 13.5. The molecule has 0 bridgehead atoms. The molecule has 1 N–H and O–H groups in total. The van der Waals surface area contributed by atoms with Crippen molar-refractivity contribution in [2.24, 2.45) is 0 Å². The van der Waals surface area contributed by atoms with Gasteiger partial charge in [0.2, 0.25) is 0 Å². The molecule has 0 saturated heterocycles. The van der Waals surface area contributed by atoms with Crippen LogP contribution in [0.1, 0.15) is 16.0 Å². The highest BCUT2D eigenvalue weighted by molar-refractivity contribution is 7.11. The smallest absolute Gasteiger partial charge is 0.282 e. The molecule has 3 aromatic rings. The SMILES string of the molecule is Cc1cc(C)cc(N2C(=O)C(Nc3ccc4c(c3)OCCO4)=C(c3cccs3)C2=O)c1. The van der Waals surface area contributed by atoms with Crippen molar-refractivity contribution in [1.82, 2.24) is 0 Å². The summed E-state index contributed by atoms with van der Waals surface area (Å²) in [4.78, 5) is 28.9. The zero-order valence-electron chi connectivity index (χ0n) is 17.1. The third-order valence-corrected chi connectivity index (χ3v) is 6.02. The summed E-state index contributed by atoms with van der Waals surface area (Å²) in [6.07, 6.45) is 0. The summed E-state index contributed by atoms with van der Waals surface area (Å²) in [5.74, 6) is 0.554. The Labute approximate surface area is 183 Å². The van der Waals surface area contributed by atoms with Crippen LogP contribution in [0.15, 0.2) is 59.6 Å². The van der Waals surface area contributed by atoms with E-state index in [1.165, 1.54) is 16.2 Å². The first-order valence-corrected chi connectivity index (χ1v) is 10.8. The molecular weight excluding hydrogens is 412 g/mol. The molecule has 2 aromatic carbocycles. The molecule has 31 heavy (non-hydrogen) atoms. The highest BCUT2D eigenvalue weighted by Gasteiger charge is 2.41. The van der Waals surface area contributed by atoms with Crippen LogP contribution in [0.3, 0.4) is 0 Å². The molecule has 0 unspecified atom stereocenters. The van der Waals surface area contributed by atoms with Crippen LogP contribution in [0, 0.1) is 13.8 Å². The van der Waals surface area contributed by atoms with Gasteiger partial charge in [0, 0.05) is 16.6 Å². The van der Waals surface area contributed by atoms with E-state index in [4.69, 9.17) is 9.47 Å². The Bertz CT molecular complexity index is 1210. The van der Waals surface area contributed by atoms with Gasteiger partial charge in [-0.2, -0.15) is 0 Å². The lowest BCUT2D eigenvalue weighted by Crippen LogP contribution is -2.32. The molecule has 2 amide bonds.